The number of carbonyl (C=O) groups is 1. The number of fused-ring (bicyclic) bond motifs is 3. The lowest BCUT2D eigenvalue weighted by molar-refractivity contribution is -0.116. The lowest BCUT2D eigenvalue weighted by Gasteiger charge is -2.03. The average Bonchev–Trinajstić information content (AvgIpc) is 2.54. The Balaban J connectivity index is 2.29. The topological polar surface area (TPSA) is 59.8 Å². The quantitative estimate of drug-likeness (QED) is 0.717. The van der Waals surface area contributed by atoms with Crippen molar-refractivity contribution in [3.05, 3.63) is 30.1 Å². The summed E-state index contributed by atoms with van der Waals surface area (Å²) in [5.74, 6) is 1.35. The highest BCUT2D eigenvalue weighted by Crippen LogP contribution is 2.28. The zero-order chi connectivity index (χ0) is 11.1. The van der Waals surface area contributed by atoms with Gasteiger partial charge in [0, 0.05) is 5.56 Å². The van der Waals surface area contributed by atoms with Gasteiger partial charge in [0.2, 0.25) is 5.91 Å². The van der Waals surface area contributed by atoms with Gasteiger partial charge >= 0.3 is 0 Å². The smallest absolute Gasteiger partial charge is 0.246 e. The Morgan fingerprint density at radius 1 is 1.38 bits per heavy atom. The van der Waals surface area contributed by atoms with E-state index < -0.39 is 0 Å². The summed E-state index contributed by atoms with van der Waals surface area (Å²) in [6.45, 7) is 2.03. The van der Waals surface area contributed by atoms with Crippen LogP contribution in [-0.2, 0) is 11.3 Å². The zero-order valence-corrected chi connectivity index (χ0v) is 8.77. The van der Waals surface area contributed by atoms with Crippen molar-refractivity contribution in [3.63, 3.8) is 0 Å². The molecule has 0 saturated carbocycles. The molecule has 0 atom stereocenters. The summed E-state index contributed by atoms with van der Waals surface area (Å²) >= 11 is 0. The van der Waals surface area contributed by atoms with E-state index in [4.69, 9.17) is 0 Å². The van der Waals surface area contributed by atoms with Crippen LogP contribution < -0.4 is 5.32 Å². The van der Waals surface area contributed by atoms with Crippen LogP contribution in [0.4, 0.5) is 5.69 Å². The van der Waals surface area contributed by atoms with E-state index in [1.54, 1.807) is 4.68 Å². The van der Waals surface area contributed by atoms with Gasteiger partial charge in [-0.1, -0.05) is 12.1 Å². The van der Waals surface area contributed by atoms with Gasteiger partial charge in [0.05, 0.1) is 5.69 Å². The van der Waals surface area contributed by atoms with Crippen LogP contribution in [0, 0.1) is 6.92 Å². The number of amides is 1. The Kier molecular flexibility index (Phi) is 1.80. The zero-order valence-electron chi connectivity index (χ0n) is 8.77. The number of para-hydroxylation sites is 1. The summed E-state index contributed by atoms with van der Waals surface area (Å²) in [5.41, 5.74) is 1.70. The monoisotopic (exact) mass is 214 g/mol. The number of carbonyl (C=O) groups excluding carboxylic acids is 1. The second-order valence-corrected chi connectivity index (χ2v) is 3.73. The van der Waals surface area contributed by atoms with Gasteiger partial charge in [-0.2, -0.15) is 5.10 Å². The molecule has 80 valence electrons. The predicted molar refractivity (Wildman–Crippen MR) is 58.8 cm³/mol. The normalized spacial score (nSPS) is 13.7. The van der Waals surface area contributed by atoms with Gasteiger partial charge < -0.3 is 5.32 Å². The molecule has 2 aromatic rings. The van der Waals surface area contributed by atoms with E-state index in [1.807, 2.05) is 31.2 Å². The number of hydrogen-bond donors (Lipinski definition) is 1. The van der Waals surface area contributed by atoms with Gasteiger partial charge in [-0.15, -0.1) is 0 Å². The van der Waals surface area contributed by atoms with E-state index >= 15 is 0 Å². The summed E-state index contributed by atoms with van der Waals surface area (Å²) in [4.78, 5) is 16.0. The Morgan fingerprint density at radius 2 is 2.19 bits per heavy atom. The standard InChI is InChI=1S/C11H10N4O/c1-7-12-11-8-4-2-3-5-9(8)13-10(16)6-15(11)14-7/h2-5H,6H2,1H3,(H,13,16). The van der Waals surface area contributed by atoms with Crippen LogP contribution in [0.2, 0.25) is 0 Å². The van der Waals surface area contributed by atoms with Crippen molar-refractivity contribution in [2.45, 2.75) is 13.5 Å². The minimum absolute atomic E-state index is 0.0731. The molecule has 1 aliphatic heterocycles. The van der Waals surface area contributed by atoms with Gasteiger partial charge in [0.15, 0.2) is 5.82 Å². The van der Waals surface area contributed by atoms with Crippen molar-refractivity contribution >= 4 is 11.6 Å². The molecule has 0 spiro atoms. The maximum absolute atomic E-state index is 11.6. The van der Waals surface area contributed by atoms with Gasteiger partial charge in [0.25, 0.3) is 0 Å². The first-order chi connectivity index (χ1) is 7.74. The van der Waals surface area contributed by atoms with Gasteiger partial charge in [0.1, 0.15) is 12.4 Å². The Morgan fingerprint density at radius 3 is 3.06 bits per heavy atom. The molecule has 1 amide bonds. The first-order valence-corrected chi connectivity index (χ1v) is 5.05. The highest BCUT2D eigenvalue weighted by atomic mass is 16.2. The fourth-order valence-corrected chi connectivity index (χ4v) is 1.88. The number of benzene rings is 1. The number of nitrogens with zero attached hydrogens (tertiary/aromatic N) is 3. The summed E-state index contributed by atoms with van der Waals surface area (Å²) < 4.78 is 1.64. The molecule has 0 radical (unpaired) electrons. The summed E-state index contributed by atoms with van der Waals surface area (Å²) in [5, 5.41) is 7.04. The number of nitrogens with one attached hydrogen (secondary N) is 1. The van der Waals surface area contributed by atoms with E-state index in [-0.39, 0.29) is 12.5 Å². The number of anilines is 1. The highest BCUT2D eigenvalue weighted by molar-refractivity contribution is 5.96. The third-order valence-corrected chi connectivity index (χ3v) is 2.51. The molecular formula is C11H10N4O. The second kappa shape index (κ2) is 3.16. The van der Waals surface area contributed by atoms with Crippen LogP contribution in [-0.4, -0.2) is 20.7 Å². The first kappa shape index (κ1) is 9.08. The van der Waals surface area contributed by atoms with E-state index in [0.717, 1.165) is 17.1 Å². The maximum Gasteiger partial charge on any atom is 0.246 e. The molecule has 0 saturated heterocycles. The molecule has 1 aliphatic rings. The SMILES string of the molecule is Cc1nc2n(n1)CC(=O)Nc1ccccc1-2. The first-order valence-electron chi connectivity index (χ1n) is 5.05. The fourth-order valence-electron chi connectivity index (χ4n) is 1.88. The molecule has 1 aromatic carbocycles. The molecular weight excluding hydrogens is 204 g/mol. The minimum Gasteiger partial charge on any atom is -0.324 e. The van der Waals surface area contributed by atoms with Crippen LogP contribution in [0.15, 0.2) is 24.3 Å². The molecule has 16 heavy (non-hydrogen) atoms. The molecule has 5 nitrogen and oxygen atoms in total. The van der Waals surface area contributed by atoms with Crippen molar-refractivity contribution in [3.8, 4) is 11.4 Å². The van der Waals surface area contributed by atoms with E-state index in [9.17, 15) is 4.79 Å². The number of rotatable bonds is 0. The Labute approximate surface area is 92.1 Å². The van der Waals surface area contributed by atoms with Crippen molar-refractivity contribution in [1.82, 2.24) is 14.8 Å². The maximum atomic E-state index is 11.6. The lowest BCUT2D eigenvalue weighted by Crippen LogP contribution is -2.17. The summed E-state index contributed by atoms with van der Waals surface area (Å²) in [6.07, 6.45) is 0. The van der Waals surface area contributed by atoms with E-state index in [1.165, 1.54) is 0 Å². The molecule has 1 N–H and O–H groups in total. The van der Waals surface area contributed by atoms with Crippen LogP contribution in [0.3, 0.4) is 0 Å². The van der Waals surface area contributed by atoms with Gasteiger partial charge in [-0.3, -0.25) is 4.79 Å². The van der Waals surface area contributed by atoms with Crippen LogP contribution in [0.25, 0.3) is 11.4 Å². The molecule has 1 aromatic heterocycles. The molecule has 0 bridgehead atoms. The van der Waals surface area contributed by atoms with Crippen molar-refractivity contribution in [1.29, 1.82) is 0 Å². The summed E-state index contributed by atoms with van der Waals surface area (Å²) in [6, 6.07) is 7.61. The van der Waals surface area contributed by atoms with E-state index in [2.05, 4.69) is 15.4 Å². The number of aryl methyl sites for hydroxylation is 1. The second-order valence-electron chi connectivity index (χ2n) is 3.73. The van der Waals surface area contributed by atoms with Crippen LogP contribution >= 0.6 is 0 Å². The third-order valence-electron chi connectivity index (χ3n) is 2.51. The van der Waals surface area contributed by atoms with Crippen molar-refractivity contribution in [2.24, 2.45) is 0 Å². The summed E-state index contributed by atoms with van der Waals surface area (Å²) in [7, 11) is 0. The van der Waals surface area contributed by atoms with Gasteiger partial charge in [-0.25, -0.2) is 9.67 Å². The molecule has 5 heteroatoms. The molecule has 0 aliphatic carbocycles. The fraction of sp³-hybridized carbons (Fsp3) is 0.182. The number of hydrogen-bond acceptors (Lipinski definition) is 3. The van der Waals surface area contributed by atoms with Gasteiger partial charge in [-0.05, 0) is 19.1 Å². The molecule has 0 fully saturated rings. The van der Waals surface area contributed by atoms with Crippen molar-refractivity contribution < 1.29 is 4.79 Å². The highest BCUT2D eigenvalue weighted by Gasteiger charge is 2.20. The van der Waals surface area contributed by atoms with E-state index in [0.29, 0.717) is 5.82 Å². The largest absolute Gasteiger partial charge is 0.324 e. The van der Waals surface area contributed by atoms with Crippen LogP contribution in [0.5, 0.6) is 0 Å². The molecule has 3 rings (SSSR count). The number of aromatic nitrogens is 3. The minimum atomic E-state index is -0.0731. The third kappa shape index (κ3) is 1.29. The average molecular weight is 214 g/mol. The lowest BCUT2D eigenvalue weighted by atomic mass is 10.1. The molecule has 2 heterocycles. The predicted octanol–water partition coefficient (Wildman–Crippen LogP) is 1.21. The molecule has 0 unspecified atom stereocenters. The van der Waals surface area contributed by atoms with Crippen LogP contribution in [0.1, 0.15) is 5.82 Å². The Bertz CT molecular complexity index is 573. The Hall–Kier alpha value is -2.17. The van der Waals surface area contributed by atoms with Crippen molar-refractivity contribution in [2.75, 3.05) is 5.32 Å².